The lowest BCUT2D eigenvalue weighted by molar-refractivity contribution is -0.134. The van der Waals surface area contributed by atoms with E-state index in [-0.39, 0.29) is 24.3 Å². The molecule has 2 rings (SSSR count). The molecule has 0 unspecified atom stereocenters. The van der Waals surface area contributed by atoms with Crippen molar-refractivity contribution in [1.29, 1.82) is 0 Å². The maximum absolute atomic E-state index is 12.2. The first kappa shape index (κ1) is 18.4. The summed E-state index contributed by atoms with van der Waals surface area (Å²) in [6.07, 6.45) is 0. The molecule has 1 aromatic rings. The molecule has 1 saturated heterocycles. The van der Waals surface area contributed by atoms with Crippen LogP contribution in [0.25, 0.3) is 0 Å². The van der Waals surface area contributed by atoms with Crippen LogP contribution in [0.3, 0.4) is 0 Å². The number of rotatable bonds is 6. The molecule has 0 aliphatic carbocycles. The maximum atomic E-state index is 12.2. The summed E-state index contributed by atoms with van der Waals surface area (Å²) in [6.45, 7) is 7.78. The van der Waals surface area contributed by atoms with Crippen LogP contribution in [0.1, 0.15) is 19.4 Å². The zero-order valence-electron chi connectivity index (χ0n) is 14.6. The molecule has 0 bridgehead atoms. The quantitative estimate of drug-likeness (QED) is 0.792. The fourth-order valence-corrected chi connectivity index (χ4v) is 2.69. The summed E-state index contributed by atoms with van der Waals surface area (Å²) in [5.74, 6) is -0.249. The molecule has 132 valence electrons. The zero-order chi connectivity index (χ0) is 17.5. The molecular formula is C18H28N4O2. The van der Waals surface area contributed by atoms with Gasteiger partial charge in [0.2, 0.25) is 11.8 Å². The minimum absolute atomic E-state index is 0.0257. The topological polar surface area (TPSA) is 78.7 Å². The van der Waals surface area contributed by atoms with Crippen molar-refractivity contribution in [2.45, 2.75) is 26.4 Å². The zero-order valence-corrected chi connectivity index (χ0v) is 14.6. The van der Waals surface area contributed by atoms with Gasteiger partial charge in [-0.15, -0.1) is 0 Å². The molecule has 1 heterocycles. The Balaban J connectivity index is 1.71. The first-order valence-electron chi connectivity index (χ1n) is 8.54. The van der Waals surface area contributed by atoms with Gasteiger partial charge in [0.1, 0.15) is 0 Å². The van der Waals surface area contributed by atoms with Crippen LogP contribution in [0, 0.1) is 5.92 Å². The van der Waals surface area contributed by atoms with Crippen molar-refractivity contribution >= 4 is 11.8 Å². The van der Waals surface area contributed by atoms with Crippen molar-refractivity contribution in [2.75, 3.05) is 32.7 Å². The van der Waals surface area contributed by atoms with Crippen molar-refractivity contribution in [2.24, 2.45) is 11.7 Å². The van der Waals surface area contributed by atoms with Crippen LogP contribution in [0.2, 0.25) is 0 Å². The van der Waals surface area contributed by atoms with E-state index in [1.54, 1.807) is 0 Å². The summed E-state index contributed by atoms with van der Waals surface area (Å²) in [5, 5.41) is 2.64. The summed E-state index contributed by atoms with van der Waals surface area (Å²) in [4.78, 5) is 28.2. The minimum Gasteiger partial charge on any atom is -0.346 e. The van der Waals surface area contributed by atoms with Gasteiger partial charge < -0.3 is 16.0 Å². The van der Waals surface area contributed by atoms with Crippen LogP contribution in [0.15, 0.2) is 30.3 Å². The predicted octanol–water partition coefficient (Wildman–Crippen LogP) is 0.430. The second-order valence-electron chi connectivity index (χ2n) is 6.63. The summed E-state index contributed by atoms with van der Waals surface area (Å²) < 4.78 is 0. The third-order valence-electron chi connectivity index (χ3n) is 4.41. The fourth-order valence-electron chi connectivity index (χ4n) is 2.69. The van der Waals surface area contributed by atoms with E-state index >= 15 is 0 Å². The number of nitrogens with one attached hydrogen (secondary N) is 1. The number of carbonyl (C=O) groups excluding carboxylic acids is 2. The van der Waals surface area contributed by atoms with Crippen molar-refractivity contribution in [3.05, 3.63) is 35.9 Å². The van der Waals surface area contributed by atoms with E-state index in [4.69, 9.17) is 5.73 Å². The molecule has 2 amide bonds. The lowest BCUT2D eigenvalue weighted by Crippen LogP contribution is -2.52. The fraction of sp³-hybridized carbons (Fsp3) is 0.556. The molecule has 1 aromatic carbocycles. The molecule has 6 nitrogen and oxygen atoms in total. The molecule has 0 spiro atoms. The van der Waals surface area contributed by atoms with Crippen LogP contribution in [0.5, 0.6) is 0 Å². The number of benzene rings is 1. The molecule has 1 fully saturated rings. The highest BCUT2D eigenvalue weighted by molar-refractivity contribution is 5.87. The maximum Gasteiger partial charge on any atom is 0.242 e. The van der Waals surface area contributed by atoms with Gasteiger partial charge in [0.05, 0.1) is 12.6 Å². The van der Waals surface area contributed by atoms with E-state index in [1.165, 1.54) is 5.56 Å². The normalized spacial score (nSPS) is 16.9. The van der Waals surface area contributed by atoms with Crippen LogP contribution in [0.4, 0.5) is 0 Å². The molecule has 1 aliphatic rings. The smallest absolute Gasteiger partial charge is 0.242 e. The van der Waals surface area contributed by atoms with Gasteiger partial charge in [0, 0.05) is 32.7 Å². The molecular weight excluding hydrogens is 304 g/mol. The second kappa shape index (κ2) is 8.80. The molecule has 0 radical (unpaired) electrons. The Hall–Kier alpha value is -1.92. The number of nitrogens with zero attached hydrogens (tertiary/aromatic N) is 2. The van der Waals surface area contributed by atoms with Crippen LogP contribution in [-0.4, -0.2) is 60.4 Å². The number of nitrogens with two attached hydrogens (primary N) is 1. The van der Waals surface area contributed by atoms with Gasteiger partial charge in [-0.3, -0.25) is 14.5 Å². The van der Waals surface area contributed by atoms with Gasteiger partial charge >= 0.3 is 0 Å². The highest BCUT2D eigenvalue weighted by Gasteiger charge is 2.23. The van der Waals surface area contributed by atoms with E-state index in [2.05, 4.69) is 22.3 Å². The Labute approximate surface area is 144 Å². The monoisotopic (exact) mass is 332 g/mol. The van der Waals surface area contributed by atoms with Crippen molar-refractivity contribution < 1.29 is 9.59 Å². The number of carbonyl (C=O) groups is 2. The Kier molecular flexibility index (Phi) is 6.75. The van der Waals surface area contributed by atoms with Gasteiger partial charge in [0.15, 0.2) is 0 Å². The molecule has 1 atom stereocenters. The van der Waals surface area contributed by atoms with Crippen molar-refractivity contribution in [1.82, 2.24) is 15.1 Å². The SMILES string of the molecule is CC(C)[C@H](N)C(=O)NCC(=O)N1CCN(Cc2ccccc2)CC1. The Morgan fingerprint density at radius 3 is 2.33 bits per heavy atom. The van der Waals surface area contributed by atoms with E-state index in [9.17, 15) is 9.59 Å². The third kappa shape index (κ3) is 5.32. The van der Waals surface area contributed by atoms with Crippen molar-refractivity contribution in [3.8, 4) is 0 Å². The minimum atomic E-state index is -0.569. The number of piperazine rings is 1. The lowest BCUT2D eigenvalue weighted by Gasteiger charge is -2.34. The van der Waals surface area contributed by atoms with E-state index < -0.39 is 6.04 Å². The van der Waals surface area contributed by atoms with Gasteiger partial charge in [-0.25, -0.2) is 0 Å². The Bertz CT molecular complexity index is 539. The third-order valence-corrected chi connectivity index (χ3v) is 4.41. The number of amides is 2. The van der Waals surface area contributed by atoms with Gasteiger partial charge in [0.25, 0.3) is 0 Å². The Morgan fingerprint density at radius 1 is 1.12 bits per heavy atom. The van der Waals surface area contributed by atoms with E-state index in [0.717, 1.165) is 19.6 Å². The van der Waals surface area contributed by atoms with E-state index in [0.29, 0.717) is 13.1 Å². The summed E-state index contributed by atoms with van der Waals surface area (Å²) in [5.41, 5.74) is 7.06. The Morgan fingerprint density at radius 2 is 1.75 bits per heavy atom. The molecule has 3 N–H and O–H groups in total. The molecule has 0 aromatic heterocycles. The molecule has 6 heteroatoms. The lowest BCUT2D eigenvalue weighted by atomic mass is 10.1. The van der Waals surface area contributed by atoms with Crippen molar-refractivity contribution in [3.63, 3.8) is 0 Å². The summed E-state index contributed by atoms with van der Waals surface area (Å²) >= 11 is 0. The summed E-state index contributed by atoms with van der Waals surface area (Å²) in [6, 6.07) is 9.76. The average molecular weight is 332 g/mol. The molecule has 0 saturated carbocycles. The number of hydrogen-bond acceptors (Lipinski definition) is 4. The van der Waals surface area contributed by atoms with Gasteiger partial charge in [-0.1, -0.05) is 44.2 Å². The highest BCUT2D eigenvalue weighted by Crippen LogP contribution is 2.08. The standard InChI is InChI=1S/C18H28N4O2/c1-14(2)17(19)18(24)20-12-16(23)22-10-8-21(9-11-22)13-15-6-4-3-5-7-15/h3-7,14,17H,8-13,19H2,1-2H3,(H,20,24)/t17-/m0/s1. The van der Waals surface area contributed by atoms with E-state index in [1.807, 2.05) is 36.9 Å². The van der Waals surface area contributed by atoms with Crippen LogP contribution in [-0.2, 0) is 16.1 Å². The van der Waals surface area contributed by atoms with Crippen LogP contribution >= 0.6 is 0 Å². The molecule has 1 aliphatic heterocycles. The van der Waals surface area contributed by atoms with Gasteiger partial charge in [-0.2, -0.15) is 0 Å². The first-order chi connectivity index (χ1) is 11.5. The summed E-state index contributed by atoms with van der Waals surface area (Å²) in [7, 11) is 0. The second-order valence-corrected chi connectivity index (χ2v) is 6.63. The highest BCUT2D eigenvalue weighted by atomic mass is 16.2. The molecule has 24 heavy (non-hydrogen) atoms. The average Bonchev–Trinajstić information content (AvgIpc) is 2.60. The first-order valence-corrected chi connectivity index (χ1v) is 8.54. The van der Waals surface area contributed by atoms with Gasteiger partial charge in [-0.05, 0) is 11.5 Å². The number of hydrogen-bond donors (Lipinski definition) is 2. The largest absolute Gasteiger partial charge is 0.346 e. The predicted molar refractivity (Wildman–Crippen MR) is 94.1 cm³/mol. The van der Waals surface area contributed by atoms with Crippen LogP contribution < -0.4 is 11.1 Å².